The second-order valence-corrected chi connectivity index (χ2v) is 13.0. The SMILES string of the molecule is C1=C(c2ccccc2)OC2=C(/C=C/C=C/C=C3\CCCc4c3cc(-c3ccccc3)cc4-c3ccccc3)CCCC2=C1c1ccccc1. The molecule has 0 bridgehead atoms. The molecule has 3 aliphatic rings. The molecule has 49 heavy (non-hydrogen) atoms. The van der Waals surface area contributed by atoms with Crippen LogP contribution in [0.4, 0.5) is 0 Å². The number of ether oxygens (including phenoxy) is 1. The fraction of sp³-hybridized carbons (Fsp3) is 0.125. The number of hydrogen-bond donors (Lipinski definition) is 0. The van der Waals surface area contributed by atoms with E-state index in [-0.39, 0.29) is 0 Å². The first-order chi connectivity index (χ1) is 24.3. The second kappa shape index (κ2) is 14.2. The minimum absolute atomic E-state index is 0.909. The van der Waals surface area contributed by atoms with Gasteiger partial charge in [-0.15, -0.1) is 0 Å². The number of rotatable bonds is 7. The number of allylic oxidation sites excluding steroid dienone is 10. The predicted octanol–water partition coefficient (Wildman–Crippen LogP) is 12.8. The van der Waals surface area contributed by atoms with Crippen molar-refractivity contribution in [3.63, 3.8) is 0 Å². The average Bonchev–Trinajstić information content (AvgIpc) is 3.18. The molecule has 238 valence electrons. The van der Waals surface area contributed by atoms with E-state index in [0.717, 1.165) is 55.6 Å². The molecular formula is C48H40O. The summed E-state index contributed by atoms with van der Waals surface area (Å²) < 4.78 is 6.72. The summed E-state index contributed by atoms with van der Waals surface area (Å²) in [5, 5.41) is 0. The maximum Gasteiger partial charge on any atom is 0.135 e. The van der Waals surface area contributed by atoms with Crippen LogP contribution in [0.15, 0.2) is 187 Å². The molecule has 1 heterocycles. The lowest BCUT2D eigenvalue weighted by Crippen LogP contribution is -2.11. The van der Waals surface area contributed by atoms with E-state index in [0.29, 0.717) is 0 Å². The largest absolute Gasteiger partial charge is 0.456 e. The van der Waals surface area contributed by atoms with Gasteiger partial charge in [0.2, 0.25) is 0 Å². The van der Waals surface area contributed by atoms with Gasteiger partial charge in [0.1, 0.15) is 11.5 Å². The van der Waals surface area contributed by atoms with Crippen LogP contribution in [0.25, 0.3) is 39.2 Å². The smallest absolute Gasteiger partial charge is 0.135 e. The van der Waals surface area contributed by atoms with Gasteiger partial charge in [-0.25, -0.2) is 0 Å². The Balaban J connectivity index is 1.12. The molecule has 0 saturated carbocycles. The van der Waals surface area contributed by atoms with Gasteiger partial charge in [0, 0.05) is 11.1 Å². The Morgan fingerprint density at radius 2 is 1.10 bits per heavy atom. The second-order valence-electron chi connectivity index (χ2n) is 13.0. The van der Waals surface area contributed by atoms with E-state index in [2.05, 4.69) is 170 Å². The summed E-state index contributed by atoms with van der Waals surface area (Å²) in [6.45, 7) is 0. The van der Waals surface area contributed by atoms with Crippen LogP contribution >= 0.6 is 0 Å². The van der Waals surface area contributed by atoms with Gasteiger partial charge in [-0.2, -0.15) is 0 Å². The van der Waals surface area contributed by atoms with Crippen LogP contribution in [0, 0.1) is 0 Å². The third-order valence-corrected chi connectivity index (χ3v) is 9.87. The average molecular weight is 633 g/mol. The van der Waals surface area contributed by atoms with Crippen molar-refractivity contribution in [2.24, 2.45) is 0 Å². The minimum Gasteiger partial charge on any atom is -0.456 e. The molecule has 5 aromatic rings. The van der Waals surface area contributed by atoms with Gasteiger partial charge < -0.3 is 4.74 Å². The topological polar surface area (TPSA) is 9.23 Å². The van der Waals surface area contributed by atoms with Gasteiger partial charge >= 0.3 is 0 Å². The third kappa shape index (κ3) is 6.58. The summed E-state index contributed by atoms with van der Waals surface area (Å²) in [5.74, 6) is 1.93. The standard InChI is InChI=1S/C48H40O/c1-6-18-35(19-7-1)41-32-44(36-20-8-2-9-21-36)42-30-16-28-38(45(42)33-41)24-12-4-15-27-40-29-17-31-43-46(37-22-10-3-11-23-37)34-47(49-48(40)43)39-25-13-5-14-26-39/h1-15,18-27,32-34H,16-17,28-31H2/b12-4+,27-15+,38-24+. The molecule has 0 unspecified atom stereocenters. The summed E-state index contributed by atoms with van der Waals surface area (Å²) >= 11 is 0. The Morgan fingerprint density at radius 3 is 1.82 bits per heavy atom. The van der Waals surface area contributed by atoms with Crippen molar-refractivity contribution in [1.82, 2.24) is 0 Å². The van der Waals surface area contributed by atoms with E-state index in [1.165, 1.54) is 61.2 Å². The summed E-state index contributed by atoms with van der Waals surface area (Å²) in [6, 6.07) is 47.7. The molecule has 0 spiro atoms. The van der Waals surface area contributed by atoms with Gasteiger partial charge in [0.05, 0.1) is 0 Å². The van der Waals surface area contributed by atoms with Crippen molar-refractivity contribution in [2.75, 3.05) is 0 Å². The summed E-state index contributed by atoms with van der Waals surface area (Å²) in [7, 11) is 0. The summed E-state index contributed by atoms with van der Waals surface area (Å²) in [4.78, 5) is 0. The van der Waals surface area contributed by atoms with E-state index in [1.807, 2.05) is 0 Å². The maximum absolute atomic E-state index is 6.72. The van der Waals surface area contributed by atoms with Crippen LogP contribution in [0.2, 0.25) is 0 Å². The highest BCUT2D eigenvalue weighted by Crippen LogP contribution is 2.44. The number of hydrogen-bond acceptors (Lipinski definition) is 1. The first kappa shape index (κ1) is 30.7. The Labute approximate surface area is 290 Å². The molecule has 1 nitrogen and oxygen atoms in total. The molecule has 8 rings (SSSR count). The zero-order valence-electron chi connectivity index (χ0n) is 27.8. The van der Waals surface area contributed by atoms with E-state index >= 15 is 0 Å². The molecular weight excluding hydrogens is 593 g/mol. The maximum atomic E-state index is 6.72. The van der Waals surface area contributed by atoms with Gasteiger partial charge in [-0.05, 0) is 112 Å². The molecule has 5 aromatic carbocycles. The lowest BCUT2D eigenvalue weighted by molar-refractivity contribution is 0.372. The molecule has 2 aliphatic carbocycles. The molecule has 0 radical (unpaired) electrons. The van der Waals surface area contributed by atoms with E-state index < -0.39 is 0 Å². The first-order valence-corrected chi connectivity index (χ1v) is 17.6. The molecule has 0 fully saturated rings. The normalized spacial score (nSPS) is 16.9. The monoisotopic (exact) mass is 632 g/mol. The van der Waals surface area contributed by atoms with E-state index in [1.54, 1.807) is 0 Å². The molecule has 1 aliphatic heterocycles. The molecule has 0 saturated heterocycles. The highest BCUT2D eigenvalue weighted by molar-refractivity contribution is 5.89. The van der Waals surface area contributed by atoms with Gasteiger partial charge in [-0.1, -0.05) is 152 Å². The quantitative estimate of drug-likeness (QED) is 0.162. The van der Waals surface area contributed by atoms with Crippen molar-refractivity contribution in [2.45, 2.75) is 38.5 Å². The Morgan fingerprint density at radius 1 is 0.490 bits per heavy atom. The first-order valence-electron chi connectivity index (χ1n) is 17.6. The highest BCUT2D eigenvalue weighted by Gasteiger charge is 2.27. The zero-order chi connectivity index (χ0) is 32.8. The minimum atomic E-state index is 0.909. The van der Waals surface area contributed by atoms with E-state index in [9.17, 15) is 0 Å². The lowest BCUT2D eigenvalue weighted by Gasteiger charge is -2.29. The Hall–Kier alpha value is -5.66. The van der Waals surface area contributed by atoms with Crippen LogP contribution in [0.5, 0.6) is 0 Å². The fourth-order valence-electron chi connectivity index (χ4n) is 7.47. The van der Waals surface area contributed by atoms with Crippen molar-refractivity contribution in [3.05, 3.63) is 209 Å². The Kier molecular flexibility index (Phi) is 8.90. The van der Waals surface area contributed by atoms with Crippen molar-refractivity contribution in [1.29, 1.82) is 0 Å². The highest BCUT2D eigenvalue weighted by atomic mass is 16.5. The fourth-order valence-corrected chi connectivity index (χ4v) is 7.47. The Bertz CT molecular complexity index is 2140. The molecule has 0 aromatic heterocycles. The molecule has 0 N–H and O–H groups in total. The van der Waals surface area contributed by atoms with Crippen LogP contribution in [-0.2, 0) is 11.2 Å². The third-order valence-electron chi connectivity index (χ3n) is 9.87. The molecule has 0 amide bonds. The van der Waals surface area contributed by atoms with Crippen LogP contribution in [0.1, 0.15) is 54.4 Å². The number of benzene rings is 5. The molecule has 1 heteroatoms. The van der Waals surface area contributed by atoms with Crippen LogP contribution < -0.4 is 0 Å². The van der Waals surface area contributed by atoms with Crippen LogP contribution in [-0.4, -0.2) is 0 Å². The van der Waals surface area contributed by atoms with E-state index in [4.69, 9.17) is 4.74 Å². The lowest BCUT2D eigenvalue weighted by atomic mass is 9.80. The van der Waals surface area contributed by atoms with Crippen LogP contribution in [0.3, 0.4) is 0 Å². The zero-order valence-corrected chi connectivity index (χ0v) is 27.8. The van der Waals surface area contributed by atoms with Gasteiger partial charge in [0.25, 0.3) is 0 Å². The summed E-state index contributed by atoms with van der Waals surface area (Å²) in [6.07, 6.45) is 19.9. The van der Waals surface area contributed by atoms with Crippen molar-refractivity contribution >= 4 is 16.9 Å². The van der Waals surface area contributed by atoms with Crippen molar-refractivity contribution < 1.29 is 4.74 Å². The van der Waals surface area contributed by atoms with Gasteiger partial charge in [-0.3, -0.25) is 0 Å². The van der Waals surface area contributed by atoms with Crippen molar-refractivity contribution in [3.8, 4) is 22.3 Å². The summed E-state index contributed by atoms with van der Waals surface area (Å²) in [5.41, 5.74) is 15.6. The molecule has 0 atom stereocenters. The van der Waals surface area contributed by atoms with Gasteiger partial charge in [0.15, 0.2) is 0 Å². The predicted molar refractivity (Wildman–Crippen MR) is 206 cm³/mol. The number of fused-ring (bicyclic) bond motifs is 2.